The first-order valence-corrected chi connectivity index (χ1v) is 7.88. The molecule has 1 nitrogen and oxygen atoms in total. The van der Waals surface area contributed by atoms with Gasteiger partial charge in [-0.25, -0.2) is 0 Å². The topological polar surface area (TPSA) is 26.0 Å². The molecular formula is C18H27N. The standard InChI is InChI=1S/C18H27N/c1-18(2)9-7-13(8-10-18)17(19)12-15-11-14-5-3-4-6-16(14)15/h3-6,13,15,17H,7-12,19H2,1-2H3. The van der Waals surface area contributed by atoms with E-state index < -0.39 is 0 Å². The van der Waals surface area contributed by atoms with E-state index in [0.29, 0.717) is 11.5 Å². The molecule has 0 saturated heterocycles. The molecule has 1 aromatic rings. The summed E-state index contributed by atoms with van der Waals surface area (Å²) in [5.41, 5.74) is 10.2. The molecule has 1 saturated carbocycles. The second kappa shape index (κ2) is 4.94. The van der Waals surface area contributed by atoms with Crippen molar-refractivity contribution < 1.29 is 0 Å². The number of hydrogen-bond donors (Lipinski definition) is 1. The van der Waals surface area contributed by atoms with Crippen LogP contribution >= 0.6 is 0 Å². The summed E-state index contributed by atoms with van der Waals surface area (Å²) in [4.78, 5) is 0. The fourth-order valence-corrected chi connectivity index (χ4v) is 3.94. The van der Waals surface area contributed by atoms with Crippen molar-refractivity contribution in [1.82, 2.24) is 0 Å². The molecule has 0 aromatic heterocycles. The highest BCUT2D eigenvalue weighted by molar-refractivity contribution is 5.39. The third-order valence-electron chi connectivity index (χ3n) is 5.51. The fourth-order valence-electron chi connectivity index (χ4n) is 3.94. The Morgan fingerprint density at radius 3 is 2.58 bits per heavy atom. The lowest BCUT2D eigenvalue weighted by molar-refractivity contribution is 0.166. The Bertz CT molecular complexity index is 439. The first kappa shape index (κ1) is 13.2. The van der Waals surface area contributed by atoms with E-state index in [0.717, 1.165) is 11.8 Å². The molecule has 1 fully saturated rings. The molecular weight excluding hydrogens is 230 g/mol. The average Bonchev–Trinajstić information content (AvgIpc) is 2.35. The van der Waals surface area contributed by atoms with E-state index in [4.69, 9.17) is 5.73 Å². The first-order chi connectivity index (χ1) is 9.05. The van der Waals surface area contributed by atoms with Crippen molar-refractivity contribution >= 4 is 0 Å². The van der Waals surface area contributed by atoms with Gasteiger partial charge in [0.05, 0.1) is 0 Å². The largest absolute Gasteiger partial charge is 0.327 e. The van der Waals surface area contributed by atoms with Crippen molar-refractivity contribution in [3.05, 3.63) is 35.4 Å². The van der Waals surface area contributed by atoms with Crippen molar-refractivity contribution in [3.8, 4) is 0 Å². The Kier molecular flexibility index (Phi) is 3.42. The normalized spacial score (nSPS) is 27.4. The average molecular weight is 257 g/mol. The van der Waals surface area contributed by atoms with Crippen LogP contribution in [0.15, 0.2) is 24.3 Å². The van der Waals surface area contributed by atoms with Gasteiger partial charge in [-0.15, -0.1) is 0 Å². The van der Waals surface area contributed by atoms with E-state index in [-0.39, 0.29) is 0 Å². The van der Waals surface area contributed by atoms with Crippen LogP contribution in [0.1, 0.15) is 63.0 Å². The molecule has 0 spiro atoms. The highest BCUT2D eigenvalue weighted by Crippen LogP contribution is 2.43. The lowest BCUT2D eigenvalue weighted by atomic mass is 9.68. The molecule has 0 amide bonds. The summed E-state index contributed by atoms with van der Waals surface area (Å²) < 4.78 is 0. The minimum atomic E-state index is 0.412. The van der Waals surface area contributed by atoms with Gasteiger partial charge in [0.2, 0.25) is 0 Å². The molecule has 2 N–H and O–H groups in total. The molecule has 1 heteroatoms. The Morgan fingerprint density at radius 2 is 1.89 bits per heavy atom. The molecule has 0 heterocycles. The van der Waals surface area contributed by atoms with E-state index in [9.17, 15) is 0 Å². The molecule has 104 valence electrons. The third kappa shape index (κ3) is 2.72. The van der Waals surface area contributed by atoms with Crippen LogP contribution in [0.2, 0.25) is 0 Å². The van der Waals surface area contributed by atoms with Crippen LogP contribution in [0.5, 0.6) is 0 Å². The molecule has 0 aliphatic heterocycles. The molecule has 3 rings (SSSR count). The lowest BCUT2D eigenvalue weighted by Gasteiger charge is -2.39. The highest BCUT2D eigenvalue weighted by Gasteiger charge is 2.33. The van der Waals surface area contributed by atoms with Crippen LogP contribution in [-0.4, -0.2) is 6.04 Å². The van der Waals surface area contributed by atoms with Crippen LogP contribution in [0.25, 0.3) is 0 Å². The van der Waals surface area contributed by atoms with Crippen molar-refractivity contribution in [2.24, 2.45) is 17.1 Å². The Labute approximate surface area is 117 Å². The zero-order valence-corrected chi connectivity index (χ0v) is 12.4. The predicted octanol–water partition coefficient (Wildman–Crippen LogP) is 4.26. The second-order valence-corrected chi connectivity index (χ2v) is 7.50. The van der Waals surface area contributed by atoms with Crippen LogP contribution < -0.4 is 5.73 Å². The predicted molar refractivity (Wildman–Crippen MR) is 81.2 cm³/mol. The Balaban J connectivity index is 1.55. The van der Waals surface area contributed by atoms with Gasteiger partial charge in [0.25, 0.3) is 0 Å². The maximum absolute atomic E-state index is 6.50. The van der Waals surface area contributed by atoms with E-state index in [1.165, 1.54) is 38.5 Å². The number of hydrogen-bond acceptors (Lipinski definition) is 1. The minimum absolute atomic E-state index is 0.412. The van der Waals surface area contributed by atoms with Gasteiger partial charge in [-0.05, 0) is 66.9 Å². The smallest absolute Gasteiger partial charge is 0.00731 e. The summed E-state index contributed by atoms with van der Waals surface area (Å²) in [6.45, 7) is 4.80. The van der Waals surface area contributed by atoms with Gasteiger partial charge in [-0.3, -0.25) is 0 Å². The van der Waals surface area contributed by atoms with Crippen LogP contribution in [-0.2, 0) is 6.42 Å². The summed E-state index contributed by atoms with van der Waals surface area (Å²) in [6, 6.07) is 9.29. The van der Waals surface area contributed by atoms with Gasteiger partial charge in [-0.2, -0.15) is 0 Å². The van der Waals surface area contributed by atoms with Crippen LogP contribution in [0.3, 0.4) is 0 Å². The third-order valence-corrected chi connectivity index (χ3v) is 5.51. The number of benzene rings is 1. The number of fused-ring (bicyclic) bond motifs is 1. The second-order valence-electron chi connectivity index (χ2n) is 7.50. The van der Waals surface area contributed by atoms with E-state index in [1.54, 1.807) is 11.1 Å². The molecule has 0 radical (unpaired) electrons. The number of rotatable bonds is 3. The molecule has 2 unspecified atom stereocenters. The molecule has 1 aromatic carbocycles. The zero-order valence-electron chi connectivity index (χ0n) is 12.4. The van der Waals surface area contributed by atoms with Gasteiger partial charge >= 0.3 is 0 Å². The Hall–Kier alpha value is -0.820. The number of nitrogens with two attached hydrogens (primary N) is 1. The van der Waals surface area contributed by atoms with Crippen molar-refractivity contribution in [1.29, 1.82) is 0 Å². The monoisotopic (exact) mass is 257 g/mol. The summed E-state index contributed by atoms with van der Waals surface area (Å²) in [6.07, 6.45) is 7.83. The summed E-state index contributed by atoms with van der Waals surface area (Å²) in [7, 11) is 0. The van der Waals surface area contributed by atoms with Crippen molar-refractivity contribution in [2.45, 2.75) is 64.3 Å². The Morgan fingerprint density at radius 1 is 1.21 bits per heavy atom. The molecule has 19 heavy (non-hydrogen) atoms. The summed E-state index contributed by atoms with van der Waals surface area (Å²) >= 11 is 0. The van der Waals surface area contributed by atoms with Crippen molar-refractivity contribution in [2.75, 3.05) is 0 Å². The highest BCUT2D eigenvalue weighted by atomic mass is 14.7. The summed E-state index contributed by atoms with van der Waals surface area (Å²) in [5, 5.41) is 0. The molecule has 2 atom stereocenters. The quantitative estimate of drug-likeness (QED) is 0.860. The van der Waals surface area contributed by atoms with Crippen molar-refractivity contribution in [3.63, 3.8) is 0 Å². The SMILES string of the molecule is CC1(C)CCC(C(N)CC2Cc3ccccc32)CC1. The zero-order chi connectivity index (χ0) is 13.5. The minimum Gasteiger partial charge on any atom is -0.327 e. The maximum Gasteiger partial charge on any atom is 0.00731 e. The van der Waals surface area contributed by atoms with Crippen LogP contribution in [0.4, 0.5) is 0 Å². The van der Waals surface area contributed by atoms with E-state index in [2.05, 4.69) is 38.1 Å². The molecule has 2 aliphatic carbocycles. The van der Waals surface area contributed by atoms with Gasteiger partial charge in [-0.1, -0.05) is 38.1 Å². The fraction of sp³-hybridized carbons (Fsp3) is 0.667. The first-order valence-electron chi connectivity index (χ1n) is 7.88. The lowest BCUT2D eigenvalue weighted by Crippen LogP contribution is -2.37. The van der Waals surface area contributed by atoms with Gasteiger partial charge < -0.3 is 5.73 Å². The molecule has 0 bridgehead atoms. The molecule has 2 aliphatic rings. The van der Waals surface area contributed by atoms with Gasteiger partial charge in [0.1, 0.15) is 0 Å². The van der Waals surface area contributed by atoms with Gasteiger partial charge in [0, 0.05) is 6.04 Å². The van der Waals surface area contributed by atoms with Gasteiger partial charge in [0.15, 0.2) is 0 Å². The van der Waals surface area contributed by atoms with E-state index >= 15 is 0 Å². The van der Waals surface area contributed by atoms with Crippen LogP contribution in [0, 0.1) is 11.3 Å². The van der Waals surface area contributed by atoms with E-state index in [1.807, 2.05) is 0 Å². The maximum atomic E-state index is 6.50. The summed E-state index contributed by atoms with van der Waals surface area (Å²) in [5.74, 6) is 1.50.